The number of ether oxygens (including phenoxy) is 2. The molecule has 4 nitrogen and oxygen atoms in total. The maximum Gasteiger partial charge on any atom is 0.348 e. The number of benzene rings is 1. The van der Waals surface area contributed by atoms with Gasteiger partial charge in [-0.15, -0.1) is 11.3 Å². The molecule has 0 spiro atoms. The molecule has 0 fully saturated rings. The van der Waals surface area contributed by atoms with Crippen LogP contribution in [0.4, 0.5) is 0 Å². The van der Waals surface area contributed by atoms with Crippen molar-refractivity contribution in [2.24, 2.45) is 5.92 Å². The van der Waals surface area contributed by atoms with Crippen LogP contribution < -0.4 is 4.74 Å². The van der Waals surface area contributed by atoms with Crippen molar-refractivity contribution in [1.82, 2.24) is 0 Å². The van der Waals surface area contributed by atoms with Gasteiger partial charge in [0, 0.05) is 20.8 Å². The van der Waals surface area contributed by atoms with Crippen molar-refractivity contribution in [2.75, 3.05) is 13.7 Å². The highest BCUT2D eigenvalue weighted by atomic mass is 35.5. The lowest BCUT2D eigenvalue weighted by Gasteiger charge is -2.20. The molecule has 1 aliphatic rings. The SMILES string of the molecule is COC(=O)c1ccc(CCCC2=CC[C@@H](O)[C@@H]2COc2cc(Cl)cc(Cl)c2)s1. The van der Waals surface area contributed by atoms with Crippen molar-refractivity contribution in [2.45, 2.75) is 31.8 Å². The topological polar surface area (TPSA) is 55.8 Å². The number of hydrogen-bond donors (Lipinski definition) is 1. The van der Waals surface area contributed by atoms with Gasteiger partial charge in [0.2, 0.25) is 0 Å². The van der Waals surface area contributed by atoms with Crippen LogP contribution in [0.15, 0.2) is 42.0 Å². The van der Waals surface area contributed by atoms with Crippen molar-refractivity contribution in [3.63, 3.8) is 0 Å². The molecular formula is C21H22Cl2O4S. The molecule has 28 heavy (non-hydrogen) atoms. The van der Waals surface area contributed by atoms with Crippen molar-refractivity contribution in [3.8, 4) is 5.75 Å². The van der Waals surface area contributed by atoms with Gasteiger partial charge in [0.15, 0.2) is 0 Å². The summed E-state index contributed by atoms with van der Waals surface area (Å²) in [5, 5.41) is 11.4. The molecule has 150 valence electrons. The minimum absolute atomic E-state index is 0.0354. The number of thiophene rings is 1. The summed E-state index contributed by atoms with van der Waals surface area (Å²) in [6.07, 6.45) is 5.03. The molecule has 0 saturated carbocycles. The Morgan fingerprint density at radius 1 is 1.21 bits per heavy atom. The number of aryl methyl sites for hydroxylation is 1. The van der Waals surface area contributed by atoms with E-state index in [4.69, 9.17) is 32.7 Å². The highest BCUT2D eigenvalue weighted by Crippen LogP contribution is 2.32. The van der Waals surface area contributed by atoms with Gasteiger partial charge in [-0.3, -0.25) is 0 Å². The molecule has 7 heteroatoms. The van der Waals surface area contributed by atoms with E-state index in [2.05, 4.69) is 6.08 Å². The molecule has 1 heterocycles. The smallest absolute Gasteiger partial charge is 0.348 e. The molecule has 0 bridgehead atoms. The molecule has 3 rings (SSSR count). The van der Waals surface area contributed by atoms with E-state index in [1.165, 1.54) is 24.0 Å². The molecule has 1 aromatic carbocycles. The zero-order valence-corrected chi connectivity index (χ0v) is 17.8. The molecule has 2 aromatic rings. The summed E-state index contributed by atoms with van der Waals surface area (Å²) in [4.78, 5) is 13.3. The third-order valence-corrected chi connectivity index (χ3v) is 6.33. The Bertz CT molecular complexity index is 842. The van der Waals surface area contributed by atoms with Crippen LogP contribution in [-0.4, -0.2) is 30.9 Å². The van der Waals surface area contributed by atoms with Gasteiger partial charge < -0.3 is 14.6 Å². The summed E-state index contributed by atoms with van der Waals surface area (Å²) in [6, 6.07) is 8.86. The zero-order chi connectivity index (χ0) is 20.1. The molecule has 0 saturated heterocycles. The Labute approximate surface area is 178 Å². The van der Waals surface area contributed by atoms with Gasteiger partial charge in [-0.2, -0.15) is 0 Å². The van der Waals surface area contributed by atoms with Crippen LogP contribution in [-0.2, 0) is 11.2 Å². The molecule has 2 atom stereocenters. The third-order valence-electron chi connectivity index (χ3n) is 4.76. The van der Waals surface area contributed by atoms with E-state index >= 15 is 0 Å². The maximum absolute atomic E-state index is 11.5. The summed E-state index contributed by atoms with van der Waals surface area (Å²) in [6.45, 7) is 0.384. The largest absolute Gasteiger partial charge is 0.493 e. The summed E-state index contributed by atoms with van der Waals surface area (Å²) in [5.74, 6) is 0.271. The van der Waals surface area contributed by atoms with E-state index in [-0.39, 0.29) is 11.9 Å². The standard InChI is InChI=1S/C21H22Cl2O4S/c1-26-21(25)20-8-6-17(28-20)4-2-3-13-5-7-19(24)18(13)12-27-16-10-14(22)9-15(23)11-16/h5-6,8-11,18-19,24H,2-4,7,12H2,1H3/t18-,19-/m1/s1. The van der Waals surface area contributed by atoms with Gasteiger partial charge in [0.1, 0.15) is 10.6 Å². The molecule has 0 unspecified atom stereocenters. The molecule has 1 N–H and O–H groups in total. The minimum atomic E-state index is -0.433. The number of aliphatic hydroxyl groups is 1. The van der Waals surface area contributed by atoms with Crippen LogP contribution in [0.2, 0.25) is 10.0 Å². The Kier molecular flexibility index (Phi) is 7.41. The first-order valence-electron chi connectivity index (χ1n) is 9.09. The minimum Gasteiger partial charge on any atom is -0.493 e. The Hall–Kier alpha value is -1.53. The average molecular weight is 441 g/mol. The van der Waals surface area contributed by atoms with Crippen LogP contribution >= 0.6 is 34.5 Å². The van der Waals surface area contributed by atoms with E-state index in [1.807, 2.05) is 6.07 Å². The van der Waals surface area contributed by atoms with Gasteiger partial charge in [-0.25, -0.2) is 4.79 Å². The second-order valence-electron chi connectivity index (χ2n) is 6.72. The zero-order valence-electron chi connectivity index (χ0n) is 15.5. The van der Waals surface area contributed by atoms with Gasteiger partial charge in [0.05, 0.1) is 19.8 Å². The number of rotatable bonds is 8. The first-order valence-corrected chi connectivity index (χ1v) is 10.7. The summed E-state index contributed by atoms with van der Waals surface area (Å²) >= 11 is 13.5. The van der Waals surface area contributed by atoms with Gasteiger partial charge in [0.25, 0.3) is 0 Å². The summed E-state index contributed by atoms with van der Waals surface area (Å²) in [5.41, 5.74) is 1.21. The number of aliphatic hydroxyl groups excluding tert-OH is 1. The first-order chi connectivity index (χ1) is 13.5. The number of halogens is 2. The van der Waals surface area contributed by atoms with Crippen molar-refractivity contribution in [3.05, 3.63) is 61.8 Å². The number of carbonyl (C=O) groups excluding carboxylic acids is 1. The second-order valence-corrected chi connectivity index (χ2v) is 8.76. The van der Waals surface area contributed by atoms with Crippen LogP contribution in [0, 0.1) is 5.92 Å². The highest BCUT2D eigenvalue weighted by Gasteiger charge is 2.28. The second kappa shape index (κ2) is 9.79. The number of hydrogen-bond acceptors (Lipinski definition) is 5. The lowest BCUT2D eigenvalue weighted by molar-refractivity contribution is 0.0606. The third kappa shape index (κ3) is 5.51. The molecule has 1 aliphatic carbocycles. The highest BCUT2D eigenvalue weighted by molar-refractivity contribution is 7.13. The number of esters is 1. The van der Waals surface area contributed by atoms with Crippen LogP contribution in [0.5, 0.6) is 5.75 Å². The van der Waals surface area contributed by atoms with Gasteiger partial charge >= 0.3 is 5.97 Å². The Balaban J connectivity index is 1.51. The normalized spacial score (nSPS) is 18.8. The number of carbonyl (C=O) groups is 1. The lowest BCUT2D eigenvalue weighted by Crippen LogP contribution is -2.23. The van der Waals surface area contributed by atoms with Crippen LogP contribution in [0.1, 0.15) is 33.8 Å². The molecular weight excluding hydrogens is 419 g/mol. The lowest BCUT2D eigenvalue weighted by atomic mass is 9.96. The first kappa shape index (κ1) is 21.2. The molecule has 0 radical (unpaired) electrons. The molecule has 1 aromatic heterocycles. The fourth-order valence-electron chi connectivity index (χ4n) is 3.33. The van der Waals surface area contributed by atoms with Gasteiger partial charge in [-0.05, 0) is 56.0 Å². The molecule has 0 amide bonds. The van der Waals surface area contributed by atoms with Crippen molar-refractivity contribution < 1.29 is 19.4 Å². The van der Waals surface area contributed by atoms with Crippen molar-refractivity contribution >= 4 is 40.5 Å². The molecule has 0 aliphatic heterocycles. The Morgan fingerprint density at radius 2 is 1.96 bits per heavy atom. The summed E-state index contributed by atoms with van der Waals surface area (Å²) < 4.78 is 10.6. The van der Waals surface area contributed by atoms with E-state index in [0.717, 1.165) is 24.1 Å². The summed E-state index contributed by atoms with van der Waals surface area (Å²) in [7, 11) is 1.39. The predicted octanol–water partition coefficient (Wildman–Crippen LogP) is 5.55. The Morgan fingerprint density at radius 3 is 2.68 bits per heavy atom. The maximum atomic E-state index is 11.5. The van der Waals surface area contributed by atoms with E-state index in [0.29, 0.717) is 33.7 Å². The van der Waals surface area contributed by atoms with Gasteiger partial charge in [-0.1, -0.05) is 34.9 Å². The van der Waals surface area contributed by atoms with Crippen LogP contribution in [0.25, 0.3) is 0 Å². The average Bonchev–Trinajstić information content (AvgIpc) is 3.26. The van der Waals surface area contributed by atoms with E-state index in [1.54, 1.807) is 24.3 Å². The fraction of sp³-hybridized carbons (Fsp3) is 0.381. The van der Waals surface area contributed by atoms with Crippen molar-refractivity contribution in [1.29, 1.82) is 0 Å². The van der Waals surface area contributed by atoms with E-state index in [9.17, 15) is 9.90 Å². The fourth-order valence-corrected chi connectivity index (χ4v) is 4.80. The predicted molar refractivity (Wildman–Crippen MR) is 113 cm³/mol. The van der Waals surface area contributed by atoms with E-state index < -0.39 is 6.10 Å². The number of methoxy groups -OCH3 is 1. The quantitative estimate of drug-likeness (QED) is 0.431. The van der Waals surface area contributed by atoms with Crippen LogP contribution in [0.3, 0.4) is 0 Å². The monoisotopic (exact) mass is 440 g/mol.